The van der Waals surface area contributed by atoms with Crippen LogP contribution < -0.4 is 5.32 Å². The van der Waals surface area contributed by atoms with Crippen molar-refractivity contribution in [2.24, 2.45) is 13.0 Å². The Morgan fingerprint density at radius 2 is 2.31 bits per heavy atom. The maximum absolute atomic E-state index is 3.92. The predicted octanol–water partition coefficient (Wildman–Crippen LogP) is 1.85. The van der Waals surface area contributed by atoms with Gasteiger partial charge in [-0.2, -0.15) is 0 Å². The molecular weight excluding hydrogens is 200 g/mol. The normalized spacial score (nSPS) is 12.4. The van der Waals surface area contributed by atoms with E-state index in [-0.39, 0.29) is 0 Å². The summed E-state index contributed by atoms with van der Waals surface area (Å²) < 4.78 is 1.80. The van der Waals surface area contributed by atoms with E-state index in [1.54, 1.807) is 10.9 Å². The van der Waals surface area contributed by atoms with Gasteiger partial charge in [0.1, 0.15) is 0 Å². The van der Waals surface area contributed by atoms with E-state index in [9.17, 15) is 0 Å². The smallest absolute Gasteiger partial charge is 0.0835 e. The highest BCUT2D eigenvalue weighted by molar-refractivity contribution is 5.59. The third-order valence-corrected chi connectivity index (χ3v) is 2.44. The van der Waals surface area contributed by atoms with Crippen molar-refractivity contribution in [3.05, 3.63) is 18.0 Å². The zero-order chi connectivity index (χ0) is 12.0. The van der Waals surface area contributed by atoms with Crippen LogP contribution >= 0.6 is 0 Å². The SMILES string of the molecule is C/C(=C/CCNCC(C)C)c1cnnn1C. The summed E-state index contributed by atoms with van der Waals surface area (Å²) in [6.07, 6.45) is 5.07. The van der Waals surface area contributed by atoms with Crippen LogP contribution in [0.15, 0.2) is 12.3 Å². The lowest BCUT2D eigenvalue weighted by Gasteiger charge is -2.06. The summed E-state index contributed by atoms with van der Waals surface area (Å²) in [6, 6.07) is 0. The Labute approximate surface area is 97.7 Å². The zero-order valence-corrected chi connectivity index (χ0v) is 10.7. The molecule has 0 saturated carbocycles. The van der Waals surface area contributed by atoms with Crippen LogP contribution in [-0.2, 0) is 7.05 Å². The number of nitrogens with one attached hydrogen (secondary N) is 1. The van der Waals surface area contributed by atoms with E-state index in [0.29, 0.717) is 5.92 Å². The molecule has 0 aliphatic carbocycles. The fourth-order valence-corrected chi connectivity index (χ4v) is 1.53. The number of aryl methyl sites for hydroxylation is 1. The Hall–Kier alpha value is -1.16. The van der Waals surface area contributed by atoms with Crippen LogP contribution in [0.1, 0.15) is 32.9 Å². The molecule has 4 heteroatoms. The number of rotatable bonds is 6. The average molecular weight is 222 g/mol. The summed E-state index contributed by atoms with van der Waals surface area (Å²) >= 11 is 0. The second-order valence-electron chi connectivity index (χ2n) is 4.52. The third kappa shape index (κ3) is 4.14. The van der Waals surface area contributed by atoms with Crippen molar-refractivity contribution in [2.75, 3.05) is 13.1 Å². The Kier molecular flexibility index (Phi) is 5.19. The zero-order valence-electron chi connectivity index (χ0n) is 10.7. The average Bonchev–Trinajstić information content (AvgIpc) is 2.63. The van der Waals surface area contributed by atoms with Crippen molar-refractivity contribution in [3.8, 4) is 0 Å². The van der Waals surface area contributed by atoms with Gasteiger partial charge in [-0.1, -0.05) is 25.1 Å². The van der Waals surface area contributed by atoms with E-state index < -0.39 is 0 Å². The van der Waals surface area contributed by atoms with Gasteiger partial charge in [-0.3, -0.25) is 0 Å². The number of nitrogens with zero attached hydrogens (tertiary/aromatic N) is 3. The molecular formula is C12H22N4. The molecule has 1 heterocycles. The van der Waals surface area contributed by atoms with E-state index >= 15 is 0 Å². The molecule has 90 valence electrons. The Morgan fingerprint density at radius 1 is 1.56 bits per heavy atom. The van der Waals surface area contributed by atoms with Crippen molar-refractivity contribution < 1.29 is 0 Å². The van der Waals surface area contributed by atoms with Crippen molar-refractivity contribution in [2.45, 2.75) is 27.2 Å². The largest absolute Gasteiger partial charge is 0.316 e. The first kappa shape index (κ1) is 12.9. The molecule has 0 aromatic carbocycles. The molecule has 4 nitrogen and oxygen atoms in total. The molecule has 0 saturated heterocycles. The highest BCUT2D eigenvalue weighted by Gasteiger charge is 2.00. The second-order valence-corrected chi connectivity index (χ2v) is 4.52. The fraction of sp³-hybridized carbons (Fsp3) is 0.667. The maximum Gasteiger partial charge on any atom is 0.0835 e. The van der Waals surface area contributed by atoms with Gasteiger partial charge in [0.05, 0.1) is 11.9 Å². The van der Waals surface area contributed by atoms with Crippen LogP contribution in [0.2, 0.25) is 0 Å². The lowest BCUT2D eigenvalue weighted by atomic mass is 10.2. The predicted molar refractivity (Wildman–Crippen MR) is 67.0 cm³/mol. The van der Waals surface area contributed by atoms with E-state index in [1.165, 1.54) is 5.57 Å². The molecule has 0 bridgehead atoms. The first-order valence-corrected chi connectivity index (χ1v) is 5.83. The molecule has 0 atom stereocenters. The van der Waals surface area contributed by atoms with Gasteiger partial charge in [-0.05, 0) is 37.9 Å². The number of hydrogen-bond acceptors (Lipinski definition) is 3. The van der Waals surface area contributed by atoms with E-state index in [4.69, 9.17) is 0 Å². The van der Waals surface area contributed by atoms with Gasteiger partial charge in [0.15, 0.2) is 0 Å². The summed E-state index contributed by atoms with van der Waals surface area (Å²) in [5.41, 5.74) is 2.32. The van der Waals surface area contributed by atoms with Crippen LogP contribution in [0.25, 0.3) is 5.57 Å². The summed E-state index contributed by atoms with van der Waals surface area (Å²) in [4.78, 5) is 0. The highest BCUT2D eigenvalue weighted by atomic mass is 15.4. The molecule has 0 spiro atoms. The van der Waals surface area contributed by atoms with Crippen molar-refractivity contribution in [3.63, 3.8) is 0 Å². The van der Waals surface area contributed by atoms with Gasteiger partial charge in [-0.15, -0.1) is 5.10 Å². The van der Waals surface area contributed by atoms with Gasteiger partial charge in [0.2, 0.25) is 0 Å². The highest BCUT2D eigenvalue weighted by Crippen LogP contribution is 2.10. The Morgan fingerprint density at radius 3 is 2.88 bits per heavy atom. The first-order chi connectivity index (χ1) is 7.61. The molecule has 0 amide bonds. The maximum atomic E-state index is 3.92. The number of allylic oxidation sites excluding steroid dienone is 1. The summed E-state index contributed by atoms with van der Waals surface area (Å²) in [5, 5.41) is 11.2. The topological polar surface area (TPSA) is 42.7 Å². The molecule has 0 fully saturated rings. The number of aromatic nitrogens is 3. The lowest BCUT2D eigenvalue weighted by molar-refractivity contribution is 0.557. The van der Waals surface area contributed by atoms with Gasteiger partial charge in [-0.25, -0.2) is 4.68 Å². The minimum atomic E-state index is 0.714. The molecule has 0 unspecified atom stereocenters. The Balaban J connectivity index is 2.32. The lowest BCUT2D eigenvalue weighted by Crippen LogP contribution is -2.20. The van der Waals surface area contributed by atoms with Crippen LogP contribution in [0.5, 0.6) is 0 Å². The van der Waals surface area contributed by atoms with Crippen molar-refractivity contribution >= 4 is 5.57 Å². The molecule has 0 aliphatic heterocycles. The third-order valence-electron chi connectivity index (χ3n) is 2.44. The van der Waals surface area contributed by atoms with E-state index in [0.717, 1.165) is 25.2 Å². The second kappa shape index (κ2) is 6.43. The van der Waals surface area contributed by atoms with Crippen LogP contribution in [0.4, 0.5) is 0 Å². The van der Waals surface area contributed by atoms with Crippen LogP contribution in [0.3, 0.4) is 0 Å². The van der Waals surface area contributed by atoms with Crippen molar-refractivity contribution in [1.82, 2.24) is 20.3 Å². The van der Waals surface area contributed by atoms with E-state index in [2.05, 4.69) is 42.5 Å². The fourth-order valence-electron chi connectivity index (χ4n) is 1.53. The monoisotopic (exact) mass is 222 g/mol. The van der Waals surface area contributed by atoms with Crippen LogP contribution in [-0.4, -0.2) is 28.1 Å². The minimum Gasteiger partial charge on any atom is -0.316 e. The molecule has 1 aromatic heterocycles. The first-order valence-electron chi connectivity index (χ1n) is 5.83. The molecule has 1 rings (SSSR count). The van der Waals surface area contributed by atoms with Gasteiger partial charge in [0, 0.05) is 7.05 Å². The molecule has 16 heavy (non-hydrogen) atoms. The summed E-state index contributed by atoms with van der Waals surface area (Å²) in [5.74, 6) is 0.714. The van der Waals surface area contributed by atoms with Gasteiger partial charge in [0.25, 0.3) is 0 Å². The van der Waals surface area contributed by atoms with Crippen LogP contribution in [0, 0.1) is 5.92 Å². The summed E-state index contributed by atoms with van der Waals surface area (Å²) in [7, 11) is 1.91. The van der Waals surface area contributed by atoms with Gasteiger partial charge >= 0.3 is 0 Å². The molecule has 0 aliphatic rings. The van der Waals surface area contributed by atoms with Gasteiger partial charge < -0.3 is 5.32 Å². The summed E-state index contributed by atoms with van der Waals surface area (Å²) in [6.45, 7) is 8.65. The number of hydrogen-bond donors (Lipinski definition) is 1. The molecule has 1 N–H and O–H groups in total. The molecule has 0 radical (unpaired) electrons. The quantitative estimate of drug-likeness (QED) is 0.747. The van der Waals surface area contributed by atoms with Crippen molar-refractivity contribution in [1.29, 1.82) is 0 Å². The standard InChI is InChI=1S/C12H22N4/c1-10(2)8-13-7-5-6-11(3)12-9-14-15-16(12)4/h6,9-10,13H,5,7-8H2,1-4H3/b11-6-. The molecule has 1 aromatic rings. The Bertz CT molecular complexity index is 339. The van der Waals surface area contributed by atoms with E-state index in [1.807, 2.05) is 7.05 Å². The minimum absolute atomic E-state index is 0.714.